The number of carbonyl (C=O) groups is 1. The van der Waals surface area contributed by atoms with Gasteiger partial charge in [-0.2, -0.15) is 17.5 Å². The van der Waals surface area contributed by atoms with Crippen molar-refractivity contribution in [2.24, 2.45) is 0 Å². The van der Waals surface area contributed by atoms with E-state index in [-0.39, 0.29) is 29.2 Å². The van der Waals surface area contributed by atoms with Crippen molar-refractivity contribution in [2.75, 3.05) is 36.4 Å². The van der Waals surface area contributed by atoms with Gasteiger partial charge in [0.05, 0.1) is 10.5 Å². The van der Waals surface area contributed by atoms with E-state index in [1.54, 1.807) is 6.92 Å². The summed E-state index contributed by atoms with van der Waals surface area (Å²) in [5.74, 6) is -0.687. The molecule has 0 radical (unpaired) electrons. The van der Waals surface area contributed by atoms with Crippen LogP contribution in [0.1, 0.15) is 21.5 Å². The molecule has 1 saturated heterocycles. The molecule has 1 heterocycles. The van der Waals surface area contributed by atoms with Gasteiger partial charge in [0.2, 0.25) is 10.0 Å². The largest absolute Gasteiger partial charge is 0.416 e. The predicted molar refractivity (Wildman–Crippen MR) is 128 cm³/mol. The molecule has 1 aliphatic rings. The fourth-order valence-electron chi connectivity index (χ4n) is 3.95. The van der Waals surface area contributed by atoms with Crippen molar-refractivity contribution in [1.29, 1.82) is 0 Å². The molecule has 35 heavy (non-hydrogen) atoms. The first kappa shape index (κ1) is 24.7. The highest BCUT2D eigenvalue weighted by molar-refractivity contribution is 7.89. The number of aryl methyl sites for hydroxylation is 1. The van der Waals surface area contributed by atoms with Crippen LogP contribution in [0.5, 0.6) is 0 Å². The molecule has 10 heteroatoms. The Balaban J connectivity index is 1.51. The van der Waals surface area contributed by atoms with Gasteiger partial charge in [-0.05, 0) is 55.0 Å². The van der Waals surface area contributed by atoms with Crippen molar-refractivity contribution >= 4 is 27.3 Å². The number of sulfonamides is 1. The Hall–Kier alpha value is -3.37. The van der Waals surface area contributed by atoms with E-state index in [0.717, 1.165) is 17.8 Å². The molecule has 0 aliphatic carbocycles. The van der Waals surface area contributed by atoms with Gasteiger partial charge >= 0.3 is 6.18 Å². The summed E-state index contributed by atoms with van der Waals surface area (Å²) in [6.45, 7) is 3.26. The van der Waals surface area contributed by atoms with Crippen molar-refractivity contribution in [3.05, 3.63) is 89.5 Å². The van der Waals surface area contributed by atoms with Gasteiger partial charge in [0.25, 0.3) is 5.91 Å². The lowest BCUT2D eigenvalue weighted by Gasteiger charge is -2.35. The third-order valence-corrected chi connectivity index (χ3v) is 7.79. The van der Waals surface area contributed by atoms with E-state index in [2.05, 4.69) is 10.2 Å². The predicted octanol–water partition coefficient (Wildman–Crippen LogP) is 4.78. The van der Waals surface area contributed by atoms with Gasteiger partial charge in [0, 0.05) is 43.1 Å². The minimum atomic E-state index is -4.55. The maximum atomic E-state index is 13.3. The summed E-state index contributed by atoms with van der Waals surface area (Å²) in [4.78, 5) is 14.9. The number of hydrogen-bond acceptors (Lipinski definition) is 4. The highest BCUT2D eigenvalue weighted by atomic mass is 32.2. The highest BCUT2D eigenvalue weighted by Crippen LogP contribution is 2.31. The molecule has 1 amide bonds. The fraction of sp³-hybridized carbons (Fsp3) is 0.240. The molecule has 0 bridgehead atoms. The monoisotopic (exact) mass is 503 g/mol. The quantitative estimate of drug-likeness (QED) is 0.544. The summed E-state index contributed by atoms with van der Waals surface area (Å²) in [6, 6.07) is 18.2. The van der Waals surface area contributed by atoms with Crippen LogP contribution in [0.25, 0.3) is 0 Å². The molecule has 0 unspecified atom stereocenters. The summed E-state index contributed by atoms with van der Waals surface area (Å²) < 4.78 is 66.9. The molecule has 0 atom stereocenters. The number of rotatable bonds is 5. The normalized spacial score (nSPS) is 15.1. The van der Waals surface area contributed by atoms with Crippen LogP contribution in [0, 0.1) is 6.92 Å². The maximum Gasteiger partial charge on any atom is 0.416 e. The molecular formula is C25H24F3N3O3S. The van der Waals surface area contributed by atoms with Gasteiger partial charge in [-0.25, -0.2) is 8.42 Å². The number of piperazine rings is 1. The zero-order valence-corrected chi connectivity index (χ0v) is 19.7. The molecule has 4 rings (SSSR count). The lowest BCUT2D eigenvalue weighted by molar-refractivity contribution is -0.137. The molecule has 3 aromatic carbocycles. The van der Waals surface area contributed by atoms with Crippen LogP contribution in [-0.4, -0.2) is 44.8 Å². The maximum absolute atomic E-state index is 13.3. The number of para-hydroxylation sites is 1. The number of amides is 1. The number of alkyl halides is 3. The van der Waals surface area contributed by atoms with E-state index >= 15 is 0 Å². The third kappa shape index (κ3) is 5.49. The zero-order chi connectivity index (χ0) is 25.2. The van der Waals surface area contributed by atoms with Crippen LogP contribution >= 0.6 is 0 Å². The number of hydrogen-bond donors (Lipinski definition) is 1. The van der Waals surface area contributed by atoms with Crippen LogP contribution in [0.4, 0.5) is 24.5 Å². The molecular weight excluding hydrogens is 479 g/mol. The highest BCUT2D eigenvalue weighted by Gasteiger charge is 2.31. The number of carbonyl (C=O) groups excluding carboxylic acids is 1. The topological polar surface area (TPSA) is 69.7 Å². The average Bonchev–Trinajstić information content (AvgIpc) is 2.84. The number of nitrogens with one attached hydrogen (secondary N) is 1. The number of benzene rings is 3. The fourth-order valence-corrected chi connectivity index (χ4v) is 5.40. The lowest BCUT2D eigenvalue weighted by atomic mass is 10.1. The second-order valence-electron chi connectivity index (χ2n) is 8.24. The van der Waals surface area contributed by atoms with Crippen LogP contribution in [0.15, 0.2) is 77.7 Å². The molecule has 6 nitrogen and oxygen atoms in total. The van der Waals surface area contributed by atoms with Gasteiger partial charge in [0.1, 0.15) is 0 Å². The molecule has 3 aromatic rings. The van der Waals surface area contributed by atoms with E-state index in [1.165, 1.54) is 34.6 Å². The van der Waals surface area contributed by atoms with Gasteiger partial charge in [-0.1, -0.05) is 30.3 Å². The third-order valence-electron chi connectivity index (χ3n) is 5.90. The van der Waals surface area contributed by atoms with Crippen molar-refractivity contribution < 1.29 is 26.4 Å². The molecule has 1 aliphatic heterocycles. The van der Waals surface area contributed by atoms with E-state index in [0.29, 0.717) is 18.7 Å². The Labute approximate surface area is 202 Å². The van der Waals surface area contributed by atoms with Gasteiger partial charge in [-0.3, -0.25) is 4.79 Å². The van der Waals surface area contributed by atoms with E-state index in [1.807, 2.05) is 30.3 Å². The number of nitrogens with zero attached hydrogens (tertiary/aromatic N) is 2. The summed E-state index contributed by atoms with van der Waals surface area (Å²) in [5, 5.41) is 2.44. The van der Waals surface area contributed by atoms with Gasteiger partial charge in [0.15, 0.2) is 0 Å². The lowest BCUT2D eigenvalue weighted by Crippen LogP contribution is -2.48. The van der Waals surface area contributed by atoms with Crippen LogP contribution in [0.2, 0.25) is 0 Å². The van der Waals surface area contributed by atoms with E-state index in [9.17, 15) is 26.4 Å². The van der Waals surface area contributed by atoms with Crippen LogP contribution in [0.3, 0.4) is 0 Å². The molecule has 0 spiro atoms. The second-order valence-corrected chi connectivity index (χ2v) is 10.2. The standard InChI is InChI=1S/C25H24F3N3O3S/c1-18-10-11-22(17-23(18)24(32)29-20-7-5-6-19(16-20)25(26,27)28)35(33,34)31-14-12-30(13-15-31)21-8-3-2-4-9-21/h2-11,16-17H,12-15H2,1H3,(H,29,32). The van der Waals surface area contributed by atoms with Gasteiger partial charge in [-0.15, -0.1) is 0 Å². The second kappa shape index (κ2) is 9.71. The Bertz CT molecular complexity index is 1320. The van der Waals surface area contributed by atoms with Crippen molar-refractivity contribution in [3.63, 3.8) is 0 Å². The Morgan fingerprint density at radius 3 is 2.23 bits per heavy atom. The van der Waals surface area contributed by atoms with E-state index in [4.69, 9.17) is 0 Å². The molecule has 0 saturated carbocycles. The minimum absolute atomic E-state index is 0.0329. The van der Waals surface area contributed by atoms with Gasteiger partial charge < -0.3 is 10.2 Å². The first-order valence-corrected chi connectivity index (χ1v) is 12.4. The number of halogens is 3. The number of anilines is 2. The first-order chi connectivity index (χ1) is 16.6. The van der Waals surface area contributed by atoms with Crippen molar-refractivity contribution in [3.8, 4) is 0 Å². The Kier molecular flexibility index (Phi) is 6.86. The molecule has 1 N–H and O–H groups in total. The molecule has 0 aromatic heterocycles. The SMILES string of the molecule is Cc1ccc(S(=O)(=O)N2CCN(c3ccccc3)CC2)cc1C(=O)Nc1cccc(C(F)(F)F)c1. The summed E-state index contributed by atoms with van der Waals surface area (Å²) in [7, 11) is -3.86. The Morgan fingerprint density at radius 2 is 1.57 bits per heavy atom. The van der Waals surface area contributed by atoms with Crippen LogP contribution in [-0.2, 0) is 16.2 Å². The Morgan fingerprint density at radius 1 is 0.886 bits per heavy atom. The van der Waals surface area contributed by atoms with Crippen molar-refractivity contribution in [2.45, 2.75) is 18.0 Å². The first-order valence-electron chi connectivity index (χ1n) is 10.9. The molecule has 1 fully saturated rings. The smallest absolute Gasteiger partial charge is 0.369 e. The van der Waals surface area contributed by atoms with Crippen LogP contribution < -0.4 is 10.2 Å². The summed E-state index contributed by atoms with van der Waals surface area (Å²) in [6.07, 6.45) is -4.55. The van der Waals surface area contributed by atoms with E-state index < -0.39 is 27.7 Å². The average molecular weight is 504 g/mol. The summed E-state index contributed by atoms with van der Waals surface area (Å²) >= 11 is 0. The minimum Gasteiger partial charge on any atom is -0.369 e. The zero-order valence-electron chi connectivity index (χ0n) is 18.9. The summed E-state index contributed by atoms with van der Waals surface area (Å²) in [5.41, 5.74) is 0.676. The van der Waals surface area contributed by atoms with Crippen molar-refractivity contribution in [1.82, 2.24) is 4.31 Å². The molecule has 184 valence electrons.